The zero-order chi connectivity index (χ0) is 13.8. The molecule has 0 aromatic heterocycles. The summed E-state index contributed by atoms with van der Waals surface area (Å²) in [6, 6.07) is 10.6. The van der Waals surface area contributed by atoms with Crippen LogP contribution in [0.1, 0.15) is 63.0 Å². The lowest BCUT2D eigenvalue weighted by molar-refractivity contribution is 0.140. The van der Waals surface area contributed by atoms with E-state index in [1.54, 1.807) is 0 Å². The highest BCUT2D eigenvalue weighted by Crippen LogP contribution is 2.48. The molecule has 1 atom stereocenters. The largest absolute Gasteiger partial charge is 0.387 e. The van der Waals surface area contributed by atoms with E-state index in [1.807, 2.05) is 30.3 Å². The van der Waals surface area contributed by atoms with E-state index in [0.717, 1.165) is 5.56 Å². The van der Waals surface area contributed by atoms with Gasteiger partial charge in [-0.15, -0.1) is 0 Å². The van der Waals surface area contributed by atoms with Crippen LogP contribution < -0.4 is 5.32 Å². The van der Waals surface area contributed by atoms with E-state index in [2.05, 4.69) is 5.32 Å². The topological polar surface area (TPSA) is 32.3 Å². The molecule has 110 valence electrons. The minimum atomic E-state index is -0.376. The first-order valence-corrected chi connectivity index (χ1v) is 8.24. The third-order valence-corrected chi connectivity index (χ3v) is 5.49. The summed E-state index contributed by atoms with van der Waals surface area (Å²) in [5.41, 5.74) is 1.72. The Bertz CT molecular complexity index is 401. The molecule has 2 aliphatic rings. The summed E-state index contributed by atoms with van der Waals surface area (Å²) in [5.74, 6) is 0. The van der Waals surface area contributed by atoms with Gasteiger partial charge in [-0.05, 0) is 49.5 Å². The van der Waals surface area contributed by atoms with Crippen molar-refractivity contribution in [3.63, 3.8) is 0 Å². The van der Waals surface area contributed by atoms with Gasteiger partial charge in [0.25, 0.3) is 0 Å². The molecule has 2 nitrogen and oxygen atoms in total. The van der Waals surface area contributed by atoms with Gasteiger partial charge < -0.3 is 10.4 Å². The Morgan fingerprint density at radius 1 is 1.05 bits per heavy atom. The fourth-order valence-electron chi connectivity index (χ4n) is 4.13. The lowest BCUT2D eigenvalue weighted by atomic mass is 9.71. The quantitative estimate of drug-likeness (QED) is 0.874. The first-order chi connectivity index (χ1) is 9.77. The molecule has 2 N–H and O–H groups in total. The van der Waals surface area contributed by atoms with Gasteiger partial charge in [-0.3, -0.25) is 0 Å². The van der Waals surface area contributed by atoms with E-state index in [1.165, 1.54) is 51.4 Å². The normalized spacial score (nSPS) is 24.1. The molecular formula is C18H27NO. The van der Waals surface area contributed by atoms with E-state index < -0.39 is 0 Å². The van der Waals surface area contributed by atoms with Crippen LogP contribution in [0.15, 0.2) is 30.3 Å². The van der Waals surface area contributed by atoms with E-state index >= 15 is 0 Å². The van der Waals surface area contributed by atoms with Crippen LogP contribution in [-0.4, -0.2) is 17.7 Å². The highest BCUT2D eigenvalue weighted by Gasteiger charge is 2.37. The Kier molecular flexibility index (Phi) is 4.42. The monoisotopic (exact) mass is 273 g/mol. The summed E-state index contributed by atoms with van der Waals surface area (Å²) in [6.07, 6.45) is 10.8. The molecule has 2 saturated carbocycles. The Balaban J connectivity index is 1.44. The highest BCUT2D eigenvalue weighted by atomic mass is 16.3. The Hall–Kier alpha value is -0.860. The molecule has 1 aromatic rings. The van der Waals surface area contributed by atoms with Gasteiger partial charge in [0.1, 0.15) is 0 Å². The molecule has 20 heavy (non-hydrogen) atoms. The van der Waals surface area contributed by atoms with Crippen LogP contribution in [0, 0.1) is 5.41 Å². The number of aliphatic hydroxyl groups is 1. The van der Waals surface area contributed by atoms with Crippen LogP contribution in [0.2, 0.25) is 0 Å². The summed E-state index contributed by atoms with van der Waals surface area (Å²) in [4.78, 5) is 0. The van der Waals surface area contributed by atoms with Crippen molar-refractivity contribution in [1.82, 2.24) is 5.32 Å². The molecule has 2 fully saturated rings. The van der Waals surface area contributed by atoms with Gasteiger partial charge in [0.2, 0.25) is 0 Å². The van der Waals surface area contributed by atoms with Crippen molar-refractivity contribution in [1.29, 1.82) is 0 Å². The second-order valence-electron chi connectivity index (χ2n) is 6.82. The third-order valence-electron chi connectivity index (χ3n) is 5.49. The maximum atomic E-state index is 10.2. The summed E-state index contributed by atoms with van der Waals surface area (Å²) in [6.45, 7) is 0.682. The van der Waals surface area contributed by atoms with E-state index in [4.69, 9.17) is 0 Å². The van der Waals surface area contributed by atoms with Crippen molar-refractivity contribution in [2.45, 2.75) is 63.5 Å². The molecule has 0 radical (unpaired) electrons. The fourth-order valence-corrected chi connectivity index (χ4v) is 4.13. The molecule has 2 heteroatoms. The maximum Gasteiger partial charge on any atom is 0.0914 e. The molecule has 0 saturated heterocycles. The van der Waals surface area contributed by atoms with Crippen molar-refractivity contribution in [2.24, 2.45) is 5.41 Å². The molecular weight excluding hydrogens is 246 g/mol. The van der Waals surface area contributed by atoms with E-state index in [-0.39, 0.29) is 6.10 Å². The fraction of sp³-hybridized carbons (Fsp3) is 0.667. The van der Waals surface area contributed by atoms with Crippen LogP contribution in [0.4, 0.5) is 0 Å². The van der Waals surface area contributed by atoms with Gasteiger partial charge in [-0.1, -0.05) is 43.2 Å². The number of benzene rings is 1. The Morgan fingerprint density at radius 2 is 1.70 bits per heavy atom. The van der Waals surface area contributed by atoms with Crippen molar-refractivity contribution < 1.29 is 5.11 Å². The lowest BCUT2D eigenvalue weighted by Gasteiger charge is -2.37. The number of nitrogens with one attached hydrogen (secondary N) is 1. The Labute approximate surface area is 122 Å². The molecule has 1 aromatic carbocycles. The average Bonchev–Trinajstić information content (AvgIpc) is 2.96. The minimum Gasteiger partial charge on any atom is -0.387 e. The zero-order valence-electron chi connectivity index (χ0n) is 12.4. The number of aliphatic hydroxyl groups excluding tert-OH is 1. The van der Waals surface area contributed by atoms with Crippen LogP contribution in [-0.2, 0) is 0 Å². The van der Waals surface area contributed by atoms with Gasteiger partial charge in [0.05, 0.1) is 6.10 Å². The SMILES string of the molecule is OC(CNC1CCC2(CCCC2)CC1)c1ccccc1. The summed E-state index contributed by atoms with van der Waals surface area (Å²) in [7, 11) is 0. The highest BCUT2D eigenvalue weighted by molar-refractivity contribution is 5.17. The molecule has 1 spiro atoms. The standard InChI is InChI=1S/C18H27NO/c20-17(15-6-2-1-3-7-15)14-19-16-8-12-18(13-9-16)10-4-5-11-18/h1-3,6-7,16-17,19-20H,4-5,8-14H2. The molecule has 0 aliphatic heterocycles. The van der Waals surface area contributed by atoms with Crippen LogP contribution in [0.25, 0.3) is 0 Å². The van der Waals surface area contributed by atoms with Crippen LogP contribution in [0.5, 0.6) is 0 Å². The average molecular weight is 273 g/mol. The second-order valence-corrected chi connectivity index (χ2v) is 6.82. The van der Waals surface area contributed by atoms with Gasteiger partial charge >= 0.3 is 0 Å². The molecule has 3 rings (SSSR count). The van der Waals surface area contributed by atoms with Gasteiger partial charge in [0, 0.05) is 12.6 Å². The number of hydrogen-bond acceptors (Lipinski definition) is 2. The first kappa shape index (κ1) is 14.1. The molecule has 0 heterocycles. The number of hydrogen-bond donors (Lipinski definition) is 2. The Morgan fingerprint density at radius 3 is 2.35 bits per heavy atom. The van der Waals surface area contributed by atoms with Crippen molar-refractivity contribution in [2.75, 3.05) is 6.54 Å². The predicted molar refractivity (Wildman–Crippen MR) is 82.6 cm³/mol. The van der Waals surface area contributed by atoms with E-state index in [0.29, 0.717) is 18.0 Å². The van der Waals surface area contributed by atoms with E-state index in [9.17, 15) is 5.11 Å². The summed E-state index contributed by atoms with van der Waals surface area (Å²) >= 11 is 0. The van der Waals surface area contributed by atoms with Crippen LogP contribution in [0.3, 0.4) is 0 Å². The minimum absolute atomic E-state index is 0.376. The van der Waals surface area contributed by atoms with Crippen LogP contribution >= 0.6 is 0 Å². The van der Waals surface area contributed by atoms with Crippen molar-refractivity contribution in [3.8, 4) is 0 Å². The zero-order valence-corrected chi connectivity index (χ0v) is 12.4. The van der Waals surface area contributed by atoms with Gasteiger partial charge in [-0.25, -0.2) is 0 Å². The molecule has 0 amide bonds. The molecule has 0 bridgehead atoms. The first-order valence-electron chi connectivity index (χ1n) is 8.24. The summed E-state index contributed by atoms with van der Waals surface area (Å²) < 4.78 is 0. The second kappa shape index (κ2) is 6.28. The smallest absolute Gasteiger partial charge is 0.0914 e. The number of rotatable bonds is 4. The lowest BCUT2D eigenvalue weighted by Crippen LogP contribution is -2.38. The van der Waals surface area contributed by atoms with Crippen molar-refractivity contribution in [3.05, 3.63) is 35.9 Å². The molecule has 1 unspecified atom stereocenters. The maximum absolute atomic E-state index is 10.2. The third kappa shape index (κ3) is 3.24. The predicted octanol–water partition coefficient (Wildman–Crippen LogP) is 3.81. The molecule has 2 aliphatic carbocycles. The summed E-state index contributed by atoms with van der Waals surface area (Å²) in [5, 5.41) is 13.8. The van der Waals surface area contributed by atoms with Gasteiger partial charge in [-0.2, -0.15) is 0 Å². The van der Waals surface area contributed by atoms with Gasteiger partial charge in [0.15, 0.2) is 0 Å². The van der Waals surface area contributed by atoms with Crippen molar-refractivity contribution >= 4 is 0 Å².